The topological polar surface area (TPSA) is 0 Å². The van der Waals surface area contributed by atoms with Gasteiger partial charge in [0, 0.05) is 10.0 Å². The SMILES string of the molecule is C#Cc1cc2cc3cc(CCCCCCCCCCCCCCC)c(CCCCCCCCCCCCCCC)cc3cc2cc1Br. The van der Waals surface area contributed by atoms with Gasteiger partial charge in [0.2, 0.25) is 0 Å². The van der Waals surface area contributed by atoms with Gasteiger partial charge in [0.05, 0.1) is 0 Å². The molecular weight excluding hydrogens is 632 g/mol. The average molecular weight is 702 g/mol. The molecule has 1 heteroatoms. The maximum absolute atomic E-state index is 5.78. The number of rotatable bonds is 28. The van der Waals surface area contributed by atoms with Crippen molar-refractivity contribution in [2.45, 2.75) is 194 Å². The van der Waals surface area contributed by atoms with Gasteiger partial charge in [-0.1, -0.05) is 186 Å². The van der Waals surface area contributed by atoms with Crippen LogP contribution < -0.4 is 0 Å². The average Bonchev–Trinajstić information content (AvgIpc) is 3.07. The summed E-state index contributed by atoms with van der Waals surface area (Å²) in [5, 5.41) is 5.24. The van der Waals surface area contributed by atoms with Crippen molar-refractivity contribution in [3.63, 3.8) is 0 Å². The van der Waals surface area contributed by atoms with Crippen LogP contribution in [0.2, 0.25) is 0 Å². The zero-order chi connectivity index (χ0) is 33.4. The molecule has 0 aromatic heterocycles. The standard InChI is InChI=1S/C46H69Br/c1-4-7-9-11-13-15-17-19-21-23-25-27-29-31-40-34-43-36-42-33-39(6-3)46(47)38-45(42)37-44(43)35-41(40)32-30-28-26-24-22-20-18-16-14-12-10-8-5-2/h3,33-38H,4-5,7-32H2,1-2H3. The van der Waals surface area contributed by atoms with Gasteiger partial charge in [-0.2, -0.15) is 0 Å². The summed E-state index contributed by atoms with van der Waals surface area (Å²) in [5.74, 6) is 2.84. The first-order valence-electron chi connectivity index (χ1n) is 20.3. The molecule has 0 saturated heterocycles. The minimum atomic E-state index is 0.933. The van der Waals surface area contributed by atoms with E-state index in [0.29, 0.717) is 0 Å². The summed E-state index contributed by atoms with van der Waals surface area (Å²) in [6.07, 6.45) is 45.0. The fourth-order valence-corrected chi connectivity index (χ4v) is 7.89. The molecule has 0 unspecified atom stereocenters. The van der Waals surface area contributed by atoms with Gasteiger partial charge in [-0.05, 0) is 98.6 Å². The van der Waals surface area contributed by atoms with Crippen LogP contribution in [0.15, 0.2) is 40.9 Å². The van der Waals surface area contributed by atoms with E-state index < -0.39 is 0 Å². The van der Waals surface area contributed by atoms with Gasteiger partial charge < -0.3 is 0 Å². The second-order valence-corrected chi connectivity index (χ2v) is 15.5. The van der Waals surface area contributed by atoms with E-state index >= 15 is 0 Å². The highest BCUT2D eigenvalue weighted by molar-refractivity contribution is 9.10. The van der Waals surface area contributed by atoms with Crippen LogP contribution in [0.3, 0.4) is 0 Å². The van der Waals surface area contributed by atoms with E-state index in [2.05, 4.69) is 72.1 Å². The lowest BCUT2D eigenvalue weighted by molar-refractivity contribution is 0.537. The van der Waals surface area contributed by atoms with E-state index in [1.807, 2.05) is 0 Å². The van der Waals surface area contributed by atoms with Crippen LogP contribution in [0, 0.1) is 12.3 Å². The summed E-state index contributed by atoms with van der Waals surface area (Å²) in [7, 11) is 0. The second kappa shape index (κ2) is 25.2. The van der Waals surface area contributed by atoms with Crippen LogP contribution in [0.5, 0.6) is 0 Å². The largest absolute Gasteiger partial charge is 0.115 e. The molecule has 0 aliphatic carbocycles. The van der Waals surface area contributed by atoms with Gasteiger partial charge in [-0.15, -0.1) is 6.42 Å². The Labute approximate surface area is 299 Å². The maximum Gasteiger partial charge on any atom is 0.0391 e. The van der Waals surface area contributed by atoms with Gasteiger partial charge in [-0.25, -0.2) is 0 Å². The van der Waals surface area contributed by atoms with Crippen LogP contribution in [0.4, 0.5) is 0 Å². The van der Waals surface area contributed by atoms with Gasteiger partial charge >= 0.3 is 0 Å². The van der Waals surface area contributed by atoms with E-state index in [9.17, 15) is 0 Å². The maximum atomic E-state index is 5.78. The predicted octanol–water partition coefficient (Wildman–Crippen LogP) is 16.0. The third-order valence-electron chi connectivity index (χ3n) is 10.5. The Bertz CT molecular complexity index is 1290. The number of hydrogen-bond donors (Lipinski definition) is 0. The fourth-order valence-electron chi connectivity index (χ4n) is 7.41. The predicted molar refractivity (Wildman–Crippen MR) is 216 cm³/mol. The number of aryl methyl sites for hydroxylation is 2. The summed E-state index contributed by atoms with van der Waals surface area (Å²) < 4.78 is 1.01. The lowest BCUT2D eigenvalue weighted by Gasteiger charge is -2.14. The van der Waals surface area contributed by atoms with Crippen molar-refractivity contribution in [3.8, 4) is 12.3 Å². The van der Waals surface area contributed by atoms with E-state index in [-0.39, 0.29) is 0 Å². The van der Waals surface area contributed by atoms with Crippen molar-refractivity contribution in [1.29, 1.82) is 0 Å². The highest BCUT2D eigenvalue weighted by Gasteiger charge is 2.09. The molecule has 0 amide bonds. The molecule has 47 heavy (non-hydrogen) atoms. The van der Waals surface area contributed by atoms with E-state index in [0.717, 1.165) is 10.0 Å². The first-order valence-corrected chi connectivity index (χ1v) is 21.1. The van der Waals surface area contributed by atoms with Gasteiger partial charge in [0.1, 0.15) is 0 Å². The van der Waals surface area contributed by atoms with Gasteiger partial charge in [0.15, 0.2) is 0 Å². The number of halogens is 1. The molecule has 0 heterocycles. The summed E-state index contributed by atoms with van der Waals surface area (Å²) in [6, 6.07) is 14.1. The molecule has 0 atom stereocenters. The van der Waals surface area contributed by atoms with Crippen LogP contribution in [-0.2, 0) is 12.8 Å². The van der Waals surface area contributed by atoms with Gasteiger partial charge in [-0.3, -0.25) is 0 Å². The molecular formula is C46H69Br. The number of unbranched alkanes of at least 4 members (excludes halogenated alkanes) is 24. The summed E-state index contributed by atoms with van der Waals surface area (Å²) in [4.78, 5) is 0. The molecule has 260 valence electrons. The quantitative estimate of drug-likeness (QED) is 0.0402. The molecule has 0 aliphatic rings. The van der Waals surface area contributed by atoms with E-state index in [1.54, 1.807) is 11.1 Å². The van der Waals surface area contributed by atoms with Crippen molar-refractivity contribution in [2.75, 3.05) is 0 Å². The van der Waals surface area contributed by atoms with Crippen molar-refractivity contribution < 1.29 is 0 Å². The minimum Gasteiger partial charge on any atom is -0.115 e. The Hall–Kier alpha value is -1.78. The first-order chi connectivity index (χ1) is 23.2. The van der Waals surface area contributed by atoms with Crippen LogP contribution in [0.25, 0.3) is 21.5 Å². The van der Waals surface area contributed by atoms with E-state index in [4.69, 9.17) is 6.42 Å². The van der Waals surface area contributed by atoms with E-state index in [1.165, 1.54) is 201 Å². The molecule has 0 N–H and O–H groups in total. The monoisotopic (exact) mass is 700 g/mol. The fraction of sp³-hybridized carbons (Fsp3) is 0.652. The first kappa shape index (κ1) is 39.7. The van der Waals surface area contributed by atoms with Crippen LogP contribution >= 0.6 is 15.9 Å². The lowest BCUT2D eigenvalue weighted by Crippen LogP contribution is -1.97. The summed E-state index contributed by atoms with van der Waals surface area (Å²) in [5.41, 5.74) is 4.12. The van der Waals surface area contributed by atoms with Crippen molar-refractivity contribution in [3.05, 3.63) is 57.6 Å². The molecule has 0 fully saturated rings. The highest BCUT2D eigenvalue weighted by atomic mass is 79.9. The molecule has 0 saturated carbocycles. The number of benzene rings is 3. The molecule has 3 aromatic rings. The Balaban J connectivity index is 1.46. The summed E-state index contributed by atoms with van der Waals surface area (Å²) >= 11 is 3.68. The number of hydrogen-bond acceptors (Lipinski definition) is 0. The Morgan fingerprint density at radius 3 is 1.04 bits per heavy atom. The smallest absolute Gasteiger partial charge is 0.0391 e. The Morgan fingerprint density at radius 1 is 0.404 bits per heavy atom. The van der Waals surface area contributed by atoms with Crippen molar-refractivity contribution in [2.24, 2.45) is 0 Å². The van der Waals surface area contributed by atoms with Crippen LogP contribution in [-0.4, -0.2) is 0 Å². The third-order valence-corrected chi connectivity index (χ3v) is 11.1. The second-order valence-electron chi connectivity index (χ2n) is 14.6. The Morgan fingerprint density at radius 2 is 0.702 bits per heavy atom. The lowest BCUT2D eigenvalue weighted by atomic mass is 9.92. The molecule has 0 nitrogen and oxygen atoms in total. The summed E-state index contributed by atoms with van der Waals surface area (Å²) in [6.45, 7) is 4.61. The normalized spacial score (nSPS) is 11.5. The highest BCUT2D eigenvalue weighted by Crippen LogP contribution is 2.31. The zero-order valence-electron chi connectivity index (χ0n) is 30.7. The van der Waals surface area contributed by atoms with Gasteiger partial charge in [0.25, 0.3) is 0 Å². The molecule has 0 radical (unpaired) electrons. The zero-order valence-corrected chi connectivity index (χ0v) is 32.3. The van der Waals surface area contributed by atoms with Crippen molar-refractivity contribution >= 4 is 37.5 Å². The minimum absolute atomic E-state index is 0.933. The molecule has 0 aliphatic heterocycles. The molecule has 0 bridgehead atoms. The Kier molecular flexibility index (Phi) is 21.3. The number of fused-ring (bicyclic) bond motifs is 2. The third kappa shape index (κ3) is 16.0. The van der Waals surface area contributed by atoms with Crippen molar-refractivity contribution in [1.82, 2.24) is 0 Å². The molecule has 0 spiro atoms. The van der Waals surface area contributed by atoms with Crippen LogP contribution in [0.1, 0.15) is 197 Å². The molecule has 3 rings (SSSR count). The molecule has 3 aromatic carbocycles. The number of terminal acetylenes is 1.